The summed E-state index contributed by atoms with van der Waals surface area (Å²) in [5, 5.41) is 20.2. The van der Waals surface area contributed by atoms with Crippen LogP contribution in [-0.2, 0) is 19.1 Å². The Morgan fingerprint density at radius 1 is 1.32 bits per heavy atom. The molecule has 3 atom stereocenters. The lowest BCUT2D eigenvalue weighted by Gasteiger charge is -2.38. The molecule has 0 aliphatic heterocycles. The van der Waals surface area contributed by atoms with Gasteiger partial charge in [0.15, 0.2) is 0 Å². The van der Waals surface area contributed by atoms with Crippen LogP contribution in [0.25, 0.3) is 0 Å². The van der Waals surface area contributed by atoms with E-state index in [1.807, 2.05) is 0 Å². The van der Waals surface area contributed by atoms with E-state index in [1.165, 1.54) is 20.8 Å². The van der Waals surface area contributed by atoms with Crippen LogP contribution in [0.15, 0.2) is 23.8 Å². The molecule has 0 fully saturated rings. The summed E-state index contributed by atoms with van der Waals surface area (Å²) in [6.07, 6.45) is 3.27. The number of ether oxygens (including phenoxy) is 2. The number of hydrogen-bond donors (Lipinski definition) is 2. The number of hydrogen-bond acceptors (Lipinski definition) is 6. The van der Waals surface area contributed by atoms with Crippen LogP contribution >= 0.6 is 0 Å². The lowest BCUT2D eigenvalue weighted by molar-refractivity contribution is -0.164. The molecule has 0 aromatic rings. The molecule has 2 N–H and O–H groups in total. The van der Waals surface area contributed by atoms with Gasteiger partial charge in [0.1, 0.15) is 17.8 Å². The standard InChI is InChI=1S/C16H24O6/c1-10(17)21-13-9-16(5,20)14(22-11(2)18)8-12(13)6-7-15(3,4)19/h6-8,13-14,19-20H,9H2,1-5H3/b7-6+/t13-,14?,16+/m0/s1. The van der Waals surface area contributed by atoms with Gasteiger partial charge in [0.2, 0.25) is 0 Å². The highest BCUT2D eigenvalue weighted by Crippen LogP contribution is 2.33. The molecule has 0 saturated carbocycles. The predicted octanol–water partition coefficient (Wildman–Crippen LogP) is 1.26. The Kier molecular flexibility index (Phi) is 5.54. The Morgan fingerprint density at radius 3 is 2.32 bits per heavy atom. The van der Waals surface area contributed by atoms with Crippen molar-refractivity contribution in [2.45, 2.75) is 64.4 Å². The quantitative estimate of drug-likeness (QED) is 0.759. The van der Waals surface area contributed by atoms with Crippen molar-refractivity contribution in [3.63, 3.8) is 0 Å². The van der Waals surface area contributed by atoms with Crippen LogP contribution in [0.3, 0.4) is 0 Å². The van der Waals surface area contributed by atoms with Crippen molar-refractivity contribution in [2.24, 2.45) is 0 Å². The molecule has 6 nitrogen and oxygen atoms in total. The van der Waals surface area contributed by atoms with E-state index in [2.05, 4.69) is 0 Å². The van der Waals surface area contributed by atoms with E-state index < -0.39 is 35.3 Å². The molecule has 0 spiro atoms. The zero-order valence-electron chi connectivity index (χ0n) is 13.6. The molecule has 1 aliphatic rings. The Bertz CT molecular complexity index is 495. The molecule has 22 heavy (non-hydrogen) atoms. The summed E-state index contributed by atoms with van der Waals surface area (Å²) in [4.78, 5) is 22.4. The molecule has 0 radical (unpaired) electrons. The van der Waals surface area contributed by atoms with E-state index in [9.17, 15) is 19.8 Å². The highest BCUT2D eigenvalue weighted by Gasteiger charge is 2.41. The second-order valence-electron chi connectivity index (χ2n) is 6.34. The molecule has 0 saturated heterocycles. The molecule has 0 bridgehead atoms. The molecule has 0 heterocycles. The fourth-order valence-electron chi connectivity index (χ4n) is 2.18. The third kappa shape index (κ3) is 5.61. The maximum atomic E-state index is 11.2. The van der Waals surface area contributed by atoms with Crippen molar-refractivity contribution in [2.75, 3.05) is 0 Å². The molecule has 6 heteroatoms. The van der Waals surface area contributed by atoms with Gasteiger partial charge in [-0.05, 0) is 32.4 Å². The molecule has 124 valence electrons. The first-order valence-electron chi connectivity index (χ1n) is 7.11. The lowest BCUT2D eigenvalue weighted by atomic mass is 9.82. The number of aliphatic hydroxyl groups is 2. The van der Waals surface area contributed by atoms with Crippen LogP contribution in [-0.4, -0.2) is 45.6 Å². The SMILES string of the molecule is CC(=O)OC1C=C(/C=C/C(C)(C)O)[C@@H](OC(C)=O)C[C@@]1(C)O. The van der Waals surface area contributed by atoms with Crippen LogP contribution in [0.2, 0.25) is 0 Å². The molecule has 1 aliphatic carbocycles. The summed E-state index contributed by atoms with van der Waals surface area (Å²) in [6, 6.07) is 0. The minimum Gasteiger partial charge on any atom is -0.458 e. The zero-order valence-corrected chi connectivity index (χ0v) is 13.6. The smallest absolute Gasteiger partial charge is 0.303 e. The molecular formula is C16H24O6. The number of carbonyl (C=O) groups is 2. The third-order valence-electron chi connectivity index (χ3n) is 3.21. The normalized spacial score (nSPS) is 29.1. The lowest BCUT2D eigenvalue weighted by Crippen LogP contribution is -2.48. The van der Waals surface area contributed by atoms with Crippen molar-refractivity contribution >= 4 is 11.9 Å². The van der Waals surface area contributed by atoms with E-state index >= 15 is 0 Å². The number of esters is 2. The van der Waals surface area contributed by atoms with Gasteiger partial charge >= 0.3 is 11.9 Å². The van der Waals surface area contributed by atoms with E-state index in [-0.39, 0.29) is 6.42 Å². The largest absolute Gasteiger partial charge is 0.458 e. The van der Waals surface area contributed by atoms with Crippen LogP contribution < -0.4 is 0 Å². The van der Waals surface area contributed by atoms with E-state index in [0.717, 1.165) is 0 Å². The van der Waals surface area contributed by atoms with Crippen LogP contribution in [0.4, 0.5) is 0 Å². The molecule has 1 rings (SSSR count). The summed E-state index contributed by atoms with van der Waals surface area (Å²) in [5.41, 5.74) is -1.83. The Labute approximate surface area is 130 Å². The average molecular weight is 312 g/mol. The van der Waals surface area contributed by atoms with Crippen LogP contribution in [0, 0.1) is 0 Å². The summed E-state index contributed by atoms with van der Waals surface area (Å²) >= 11 is 0. The van der Waals surface area contributed by atoms with Gasteiger partial charge in [0, 0.05) is 20.3 Å². The molecule has 1 unspecified atom stereocenters. The molecular weight excluding hydrogens is 288 g/mol. The Hall–Kier alpha value is -1.66. The van der Waals surface area contributed by atoms with Crippen LogP contribution in [0.1, 0.15) is 41.0 Å². The molecule has 0 aromatic carbocycles. The van der Waals surface area contributed by atoms with E-state index in [1.54, 1.807) is 32.1 Å². The fourth-order valence-corrected chi connectivity index (χ4v) is 2.18. The second-order valence-corrected chi connectivity index (χ2v) is 6.34. The second kappa shape index (κ2) is 6.62. The van der Waals surface area contributed by atoms with E-state index in [4.69, 9.17) is 9.47 Å². The topological polar surface area (TPSA) is 93.1 Å². The zero-order chi connectivity index (χ0) is 17.1. The van der Waals surface area contributed by atoms with Crippen molar-refractivity contribution in [1.82, 2.24) is 0 Å². The highest BCUT2D eigenvalue weighted by atomic mass is 16.6. The van der Waals surface area contributed by atoms with Gasteiger partial charge in [0.05, 0.1) is 5.60 Å². The van der Waals surface area contributed by atoms with Gasteiger partial charge in [-0.3, -0.25) is 9.59 Å². The van der Waals surface area contributed by atoms with E-state index in [0.29, 0.717) is 5.57 Å². The van der Waals surface area contributed by atoms with Crippen molar-refractivity contribution in [3.05, 3.63) is 23.8 Å². The predicted molar refractivity (Wildman–Crippen MR) is 79.9 cm³/mol. The summed E-state index contributed by atoms with van der Waals surface area (Å²) in [5.74, 6) is -0.993. The van der Waals surface area contributed by atoms with Crippen LogP contribution in [0.5, 0.6) is 0 Å². The van der Waals surface area contributed by atoms with Gasteiger partial charge in [-0.1, -0.05) is 12.2 Å². The Balaban J connectivity index is 3.15. The fraction of sp³-hybridized carbons (Fsp3) is 0.625. The summed E-state index contributed by atoms with van der Waals surface area (Å²) in [7, 11) is 0. The minimum atomic E-state index is -1.35. The third-order valence-corrected chi connectivity index (χ3v) is 3.21. The first kappa shape index (κ1) is 18.4. The van der Waals surface area contributed by atoms with Gasteiger partial charge in [-0.2, -0.15) is 0 Å². The first-order chi connectivity index (χ1) is 9.90. The van der Waals surface area contributed by atoms with Gasteiger partial charge in [-0.25, -0.2) is 0 Å². The average Bonchev–Trinajstić information content (AvgIpc) is 2.28. The summed E-state index contributed by atoms with van der Waals surface area (Å²) < 4.78 is 10.3. The monoisotopic (exact) mass is 312 g/mol. The van der Waals surface area contributed by atoms with Gasteiger partial charge in [-0.15, -0.1) is 0 Å². The molecule has 0 aromatic heterocycles. The number of rotatable bonds is 4. The summed E-state index contributed by atoms with van der Waals surface area (Å²) in [6.45, 7) is 7.27. The Morgan fingerprint density at radius 2 is 1.86 bits per heavy atom. The van der Waals surface area contributed by atoms with Crippen molar-refractivity contribution in [3.8, 4) is 0 Å². The first-order valence-corrected chi connectivity index (χ1v) is 7.11. The van der Waals surface area contributed by atoms with Crippen molar-refractivity contribution < 1.29 is 29.3 Å². The maximum absolute atomic E-state index is 11.2. The van der Waals surface area contributed by atoms with Gasteiger partial charge < -0.3 is 19.7 Å². The van der Waals surface area contributed by atoms with Gasteiger partial charge in [0.25, 0.3) is 0 Å². The molecule has 0 amide bonds. The van der Waals surface area contributed by atoms with Crippen molar-refractivity contribution in [1.29, 1.82) is 0 Å². The minimum absolute atomic E-state index is 0.0898. The maximum Gasteiger partial charge on any atom is 0.303 e. The number of carbonyl (C=O) groups excluding carboxylic acids is 2. The highest BCUT2D eigenvalue weighted by molar-refractivity contribution is 5.67.